The molecular formula is C20H22N2O4S. The lowest BCUT2D eigenvalue weighted by atomic mass is 10.1. The van der Waals surface area contributed by atoms with Crippen LogP contribution in [0.2, 0.25) is 0 Å². The van der Waals surface area contributed by atoms with Crippen molar-refractivity contribution in [2.45, 2.75) is 30.7 Å². The lowest BCUT2D eigenvalue weighted by molar-refractivity contribution is -0.117. The van der Waals surface area contributed by atoms with Crippen molar-refractivity contribution in [1.29, 1.82) is 0 Å². The first-order valence-corrected chi connectivity index (χ1v) is 10.6. The molecule has 1 unspecified atom stereocenters. The lowest BCUT2D eigenvalue weighted by Gasteiger charge is -2.15. The van der Waals surface area contributed by atoms with Gasteiger partial charge in [-0.2, -0.15) is 0 Å². The maximum Gasteiger partial charge on any atom is 0.251 e. The van der Waals surface area contributed by atoms with Gasteiger partial charge in [-0.3, -0.25) is 9.59 Å². The largest absolute Gasteiger partial charge is 0.346 e. The van der Waals surface area contributed by atoms with Crippen LogP contribution in [0.5, 0.6) is 0 Å². The van der Waals surface area contributed by atoms with Crippen LogP contribution in [0.4, 0.5) is 5.69 Å². The molecule has 0 bridgehead atoms. The second kappa shape index (κ2) is 7.52. The van der Waals surface area contributed by atoms with Gasteiger partial charge in [0.25, 0.3) is 5.91 Å². The van der Waals surface area contributed by atoms with Crippen molar-refractivity contribution in [2.24, 2.45) is 5.92 Å². The zero-order valence-electron chi connectivity index (χ0n) is 15.2. The number of nitrogens with one attached hydrogen (secondary N) is 2. The summed E-state index contributed by atoms with van der Waals surface area (Å²) < 4.78 is 23.0. The number of carbonyl (C=O) groups is 2. The van der Waals surface area contributed by atoms with E-state index in [0.717, 1.165) is 24.7 Å². The maximum absolute atomic E-state index is 12.4. The van der Waals surface area contributed by atoms with Crippen LogP contribution in [0, 0.1) is 5.92 Å². The van der Waals surface area contributed by atoms with E-state index in [1.807, 2.05) is 6.92 Å². The van der Waals surface area contributed by atoms with Crippen molar-refractivity contribution >= 4 is 27.3 Å². The van der Waals surface area contributed by atoms with Gasteiger partial charge in [-0.05, 0) is 61.7 Å². The molecule has 0 spiro atoms. The zero-order chi connectivity index (χ0) is 19.6. The van der Waals surface area contributed by atoms with E-state index in [0.29, 0.717) is 11.3 Å². The molecule has 0 aromatic heterocycles. The van der Waals surface area contributed by atoms with Crippen LogP contribution >= 0.6 is 0 Å². The molecule has 0 radical (unpaired) electrons. The minimum absolute atomic E-state index is 0.0263. The molecule has 3 rings (SSSR count). The van der Waals surface area contributed by atoms with Gasteiger partial charge in [0.2, 0.25) is 5.91 Å². The molecule has 1 fully saturated rings. The molecule has 2 aromatic carbocycles. The third-order valence-electron chi connectivity index (χ3n) is 4.52. The molecular weight excluding hydrogens is 364 g/mol. The molecule has 0 heterocycles. The predicted molar refractivity (Wildman–Crippen MR) is 103 cm³/mol. The zero-order valence-corrected chi connectivity index (χ0v) is 16.0. The summed E-state index contributed by atoms with van der Waals surface area (Å²) in [4.78, 5) is 24.4. The van der Waals surface area contributed by atoms with Crippen LogP contribution in [-0.4, -0.2) is 26.5 Å². The Kier molecular flexibility index (Phi) is 5.32. The number of hydrogen-bond donors (Lipinski definition) is 2. The summed E-state index contributed by atoms with van der Waals surface area (Å²) in [5.74, 6) is -0.0870. The number of anilines is 1. The molecule has 6 nitrogen and oxygen atoms in total. The molecule has 1 aliphatic rings. The Hall–Kier alpha value is -2.67. The fourth-order valence-electron chi connectivity index (χ4n) is 2.66. The second-order valence-electron chi connectivity index (χ2n) is 6.88. The van der Waals surface area contributed by atoms with Crippen molar-refractivity contribution in [3.63, 3.8) is 0 Å². The number of rotatable bonds is 6. The van der Waals surface area contributed by atoms with Crippen molar-refractivity contribution in [3.05, 3.63) is 59.7 Å². The minimum Gasteiger partial charge on any atom is -0.346 e. The number of benzene rings is 2. The predicted octanol–water partition coefficient (Wildman–Crippen LogP) is 2.93. The van der Waals surface area contributed by atoms with E-state index in [-0.39, 0.29) is 28.7 Å². The van der Waals surface area contributed by atoms with E-state index < -0.39 is 9.84 Å². The number of carbonyl (C=O) groups excluding carboxylic acids is 2. The summed E-state index contributed by atoms with van der Waals surface area (Å²) in [6.45, 7) is 1.83. The maximum atomic E-state index is 12.4. The van der Waals surface area contributed by atoms with Crippen LogP contribution in [0.25, 0.3) is 0 Å². The Labute approximate surface area is 158 Å². The molecule has 1 saturated carbocycles. The van der Waals surface area contributed by atoms with Crippen LogP contribution < -0.4 is 10.6 Å². The van der Waals surface area contributed by atoms with E-state index in [4.69, 9.17) is 0 Å². The molecule has 7 heteroatoms. The number of sulfone groups is 1. The molecule has 1 atom stereocenters. The van der Waals surface area contributed by atoms with Gasteiger partial charge in [0, 0.05) is 23.4 Å². The first-order chi connectivity index (χ1) is 12.7. The van der Waals surface area contributed by atoms with Gasteiger partial charge in [0.1, 0.15) is 0 Å². The van der Waals surface area contributed by atoms with Crippen molar-refractivity contribution in [2.75, 3.05) is 11.6 Å². The monoisotopic (exact) mass is 386 g/mol. The Bertz CT molecular complexity index is 946. The summed E-state index contributed by atoms with van der Waals surface area (Å²) in [6.07, 6.45) is 3.04. The second-order valence-corrected chi connectivity index (χ2v) is 8.89. The molecule has 27 heavy (non-hydrogen) atoms. The molecule has 2 amide bonds. The Morgan fingerprint density at radius 3 is 2.11 bits per heavy atom. The SMILES string of the molecule is CC(NC(=O)c1ccc(NC(=O)C2CC2)cc1)c1ccc(S(C)(=O)=O)cc1. The van der Waals surface area contributed by atoms with Gasteiger partial charge >= 0.3 is 0 Å². The van der Waals surface area contributed by atoms with Gasteiger partial charge in [0.05, 0.1) is 10.9 Å². The van der Waals surface area contributed by atoms with Crippen LogP contribution in [0.3, 0.4) is 0 Å². The van der Waals surface area contributed by atoms with Crippen molar-refractivity contribution < 1.29 is 18.0 Å². The van der Waals surface area contributed by atoms with Crippen LogP contribution in [0.15, 0.2) is 53.4 Å². The topological polar surface area (TPSA) is 92.3 Å². The van der Waals surface area contributed by atoms with Gasteiger partial charge < -0.3 is 10.6 Å². The van der Waals surface area contributed by atoms with Gasteiger partial charge in [-0.25, -0.2) is 8.42 Å². The van der Waals surface area contributed by atoms with E-state index in [9.17, 15) is 18.0 Å². The molecule has 2 aromatic rings. The average molecular weight is 386 g/mol. The van der Waals surface area contributed by atoms with Gasteiger partial charge in [-0.1, -0.05) is 12.1 Å². The summed E-state index contributed by atoms with van der Waals surface area (Å²) in [5, 5.41) is 5.72. The highest BCUT2D eigenvalue weighted by molar-refractivity contribution is 7.90. The fourth-order valence-corrected chi connectivity index (χ4v) is 3.29. The highest BCUT2D eigenvalue weighted by Crippen LogP contribution is 2.30. The van der Waals surface area contributed by atoms with Crippen LogP contribution in [-0.2, 0) is 14.6 Å². The van der Waals surface area contributed by atoms with Gasteiger partial charge in [0.15, 0.2) is 9.84 Å². The van der Waals surface area contributed by atoms with E-state index in [1.54, 1.807) is 36.4 Å². The molecule has 2 N–H and O–H groups in total. The first-order valence-electron chi connectivity index (χ1n) is 8.76. The third kappa shape index (κ3) is 4.95. The number of hydrogen-bond acceptors (Lipinski definition) is 4. The summed E-state index contributed by atoms with van der Waals surface area (Å²) >= 11 is 0. The Balaban J connectivity index is 1.61. The first kappa shape index (κ1) is 19.1. The number of amides is 2. The minimum atomic E-state index is -3.24. The molecule has 1 aliphatic carbocycles. The fraction of sp³-hybridized carbons (Fsp3) is 0.300. The van der Waals surface area contributed by atoms with Gasteiger partial charge in [-0.15, -0.1) is 0 Å². The van der Waals surface area contributed by atoms with E-state index >= 15 is 0 Å². The van der Waals surface area contributed by atoms with Crippen molar-refractivity contribution in [3.8, 4) is 0 Å². The van der Waals surface area contributed by atoms with Crippen molar-refractivity contribution in [1.82, 2.24) is 5.32 Å². The Morgan fingerprint density at radius 1 is 1.00 bits per heavy atom. The molecule has 142 valence electrons. The normalized spacial score (nSPS) is 15.0. The highest BCUT2D eigenvalue weighted by atomic mass is 32.2. The van der Waals surface area contributed by atoms with E-state index in [2.05, 4.69) is 10.6 Å². The van der Waals surface area contributed by atoms with E-state index in [1.165, 1.54) is 12.1 Å². The summed E-state index contributed by atoms with van der Waals surface area (Å²) in [6, 6.07) is 12.9. The summed E-state index contributed by atoms with van der Waals surface area (Å²) in [7, 11) is -3.24. The Morgan fingerprint density at radius 2 is 1.59 bits per heavy atom. The molecule has 0 aliphatic heterocycles. The lowest BCUT2D eigenvalue weighted by Crippen LogP contribution is -2.26. The smallest absolute Gasteiger partial charge is 0.251 e. The highest BCUT2D eigenvalue weighted by Gasteiger charge is 2.29. The molecule has 0 saturated heterocycles. The summed E-state index contributed by atoms with van der Waals surface area (Å²) in [5.41, 5.74) is 1.97. The third-order valence-corrected chi connectivity index (χ3v) is 5.65. The standard InChI is InChI=1S/C20H22N2O4S/c1-13(14-7-11-18(12-8-14)27(2,25)26)21-19(23)16-5-9-17(10-6-16)22-20(24)15-3-4-15/h5-13,15H,3-4H2,1-2H3,(H,21,23)(H,22,24). The quantitative estimate of drug-likeness (QED) is 0.798. The van der Waals surface area contributed by atoms with Crippen LogP contribution in [0.1, 0.15) is 41.7 Å². The average Bonchev–Trinajstić information content (AvgIpc) is 3.47.